The number of alkyl halides is 3. The number of rotatable bonds is 1. The van der Waals surface area contributed by atoms with Gasteiger partial charge in [-0.15, -0.1) is 0 Å². The second kappa shape index (κ2) is 3.96. The summed E-state index contributed by atoms with van der Waals surface area (Å²) in [6.07, 6.45) is -1.64. The molecule has 0 saturated carbocycles. The lowest BCUT2D eigenvalue weighted by Gasteiger charge is -2.00. The molecule has 16 heavy (non-hydrogen) atoms. The van der Waals surface area contributed by atoms with Crippen LogP contribution in [0.15, 0.2) is 42.6 Å². The minimum atomic E-state index is -4.29. The van der Waals surface area contributed by atoms with Crippen LogP contribution in [0.4, 0.5) is 13.2 Å². The molecule has 2 aromatic rings. The van der Waals surface area contributed by atoms with Crippen molar-refractivity contribution in [3.63, 3.8) is 0 Å². The van der Waals surface area contributed by atoms with Crippen LogP contribution in [0.5, 0.6) is 0 Å². The van der Waals surface area contributed by atoms with Crippen molar-refractivity contribution in [3.8, 4) is 0 Å². The van der Waals surface area contributed by atoms with E-state index >= 15 is 0 Å². The van der Waals surface area contributed by atoms with Crippen molar-refractivity contribution < 1.29 is 13.2 Å². The van der Waals surface area contributed by atoms with Crippen LogP contribution in [-0.4, -0.2) is 11.2 Å². The summed E-state index contributed by atoms with van der Waals surface area (Å²) in [5.74, 6) is 0. The van der Waals surface area contributed by atoms with Gasteiger partial charge in [0.1, 0.15) is 0 Å². The Hall–Kier alpha value is -1.84. The van der Waals surface area contributed by atoms with E-state index in [-0.39, 0.29) is 6.08 Å². The van der Waals surface area contributed by atoms with Crippen LogP contribution < -0.4 is 0 Å². The van der Waals surface area contributed by atoms with E-state index in [4.69, 9.17) is 0 Å². The first-order valence-electron chi connectivity index (χ1n) is 4.65. The summed E-state index contributed by atoms with van der Waals surface area (Å²) < 4.78 is 35.8. The van der Waals surface area contributed by atoms with Crippen molar-refractivity contribution in [3.05, 3.63) is 48.2 Å². The Bertz CT molecular complexity index is 529. The number of hydrogen-bond donors (Lipinski definition) is 0. The summed E-state index contributed by atoms with van der Waals surface area (Å²) in [7, 11) is 0. The molecule has 82 valence electrons. The zero-order chi connectivity index (χ0) is 11.6. The molecule has 0 atom stereocenters. The van der Waals surface area contributed by atoms with E-state index in [0.717, 1.165) is 17.0 Å². The maximum atomic E-state index is 11.9. The quantitative estimate of drug-likeness (QED) is 0.716. The second-order valence-corrected chi connectivity index (χ2v) is 3.34. The lowest BCUT2D eigenvalue weighted by Crippen LogP contribution is -2.00. The molecule has 0 unspecified atom stereocenters. The molecule has 0 aliphatic heterocycles. The molecule has 0 N–H and O–H groups in total. The molecular formula is C12H8F3N. The zero-order valence-electron chi connectivity index (χ0n) is 8.20. The average molecular weight is 223 g/mol. The van der Waals surface area contributed by atoms with Gasteiger partial charge in [-0.05, 0) is 23.8 Å². The molecule has 1 nitrogen and oxygen atoms in total. The van der Waals surface area contributed by atoms with E-state index in [1.807, 2.05) is 24.3 Å². The Kier molecular flexibility index (Phi) is 2.64. The van der Waals surface area contributed by atoms with Crippen LogP contribution in [0.1, 0.15) is 5.56 Å². The van der Waals surface area contributed by atoms with Crippen LogP contribution in [0.25, 0.3) is 17.0 Å². The van der Waals surface area contributed by atoms with Gasteiger partial charge in [-0.3, -0.25) is 4.98 Å². The first kappa shape index (κ1) is 10.7. The van der Waals surface area contributed by atoms with E-state index < -0.39 is 6.18 Å². The average Bonchev–Trinajstić information content (AvgIpc) is 2.25. The van der Waals surface area contributed by atoms with Gasteiger partial charge in [-0.25, -0.2) is 0 Å². The molecule has 0 bridgehead atoms. The Morgan fingerprint density at radius 1 is 1.12 bits per heavy atom. The molecule has 1 aromatic heterocycles. The number of benzene rings is 1. The lowest BCUT2D eigenvalue weighted by molar-refractivity contribution is -0.0790. The number of pyridine rings is 1. The summed E-state index contributed by atoms with van der Waals surface area (Å²) in [4.78, 5) is 4.06. The number of fused-ring (bicyclic) bond motifs is 1. The molecule has 0 saturated heterocycles. The van der Waals surface area contributed by atoms with Crippen molar-refractivity contribution in [2.75, 3.05) is 0 Å². The molecule has 4 heteroatoms. The highest BCUT2D eigenvalue weighted by Crippen LogP contribution is 2.19. The fraction of sp³-hybridized carbons (Fsp3) is 0.0833. The summed E-state index contributed by atoms with van der Waals surface area (Å²) in [5, 5.41) is 0.826. The normalized spacial score (nSPS) is 12.4. The van der Waals surface area contributed by atoms with E-state index in [1.54, 1.807) is 6.07 Å². The Morgan fingerprint density at radius 2 is 1.88 bits per heavy atom. The first-order valence-corrected chi connectivity index (χ1v) is 4.65. The van der Waals surface area contributed by atoms with Crippen LogP contribution in [0.2, 0.25) is 0 Å². The van der Waals surface area contributed by atoms with Gasteiger partial charge in [0.2, 0.25) is 0 Å². The molecule has 0 radical (unpaired) electrons. The number of halogens is 3. The highest BCUT2D eigenvalue weighted by molar-refractivity contribution is 5.80. The second-order valence-electron chi connectivity index (χ2n) is 3.34. The molecule has 0 aliphatic rings. The summed E-state index contributed by atoms with van der Waals surface area (Å²) in [6.45, 7) is 0. The fourth-order valence-electron chi connectivity index (χ4n) is 1.37. The van der Waals surface area contributed by atoms with Crippen molar-refractivity contribution in [1.82, 2.24) is 4.98 Å². The molecule has 1 aromatic carbocycles. The van der Waals surface area contributed by atoms with Crippen LogP contribution in [-0.2, 0) is 0 Å². The predicted octanol–water partition coefficient (Wildman–Crippen LogP) is 3.81. The van der Waals surface area contributed by atoms with E-state index in [2.05, 4.69) is 4.98 Å². The number of nitrogens with zero attached hydrogens (tertiary/aromatic N) is 1. The topological polar surface area (TPSA) is 12.9 Å². The molecule has 0 fully saturated rings. The van der Waals surface area contributed by atoms with Crippen LogP contribution in [0, 0.1) is 0 Å². The van der Waals surface area contributed by atoms with E-state index in [1.165, 1.54) is 6.20 Å². The molecule has 0 spiro atoms. The smallest absolute Gasteiger partial charge is 0.256 e. The number of hydrogen-bond acceptors (Lipinski definition) is 1. The molecule has 2 rings (SSSR count). The van der Waals surface area contributed by atoms with Crippen molar-refractivity contribution in [2.24, 2.45) is 0 Å². The maximum absolute atomic E-state index is 11.9. The van der Waals surface area contributed by atoms with Crippen LogP contribution in [0.3, 0.4) is 0 Å². The third kappa shape index (κ3) is 2.59. The summed E-state index contributed by atoms with van der Waals surface area (Å²) >= 11 is 0. The van der Waals surface area contributed by atoms with E-state index in [0.29, 0.717) is 5.56 Å². The van der Waals surface area contributed by atoms with Crippen molar-refractivity contribution in [1.29, 1.82) is 0 Å². The van der Waals surface area contributed by atoms with E-state index in [9.17, 15) is 13.2 Å². The highest BCUT2D eigenvalue weighted by Gasteiger charge is 2.21. The minimum absolute atomic E-state index is 0.207. The largest absolute Gasteiger partial charge is 0.409 e. The number of aromatic nitrogens is 1. The third-order valence-electron chi connectivity index (χ3n) is 2.08. The predicted molar refractivity (Wildman–Crippen MR) is 56.8 cm³/mol. The zero-order valence-corrected chi connectivity index (χ0v) is 8.20. The van der Waals surface area contributed by atoms with Gasteiger partial charge in [-0.2, -0.15) is 13.2 Å². The lowest BCUT2D eigenvalue weighted by atomic mass is 10.1. The van der Waals surface area contributed by atoms with Gasteiger partial charge in [0.15, 0.2) is 0 Å². The standard InChI is InChI=1S/C12H8F3N/c13-12(14,15)6-5-9-7-10-3-1-2-4-11(10)16-8-9/h1-8H/b6-5+. The van der Waals surface area contributed by atoms with Gasteiger partial charge in [0, 0.05) is 17.7 Å². The SMILES string of the molecule is FC(F)(F)/C=C/c1cnc2ccccc2c1. The van der Waals surface area contributed by atoms with Gasteiger partial charge in [0.05, 0.1) is 5.52 Å². The van der Waals surface area contributed by atoms with Crippen molar-refractivity contribution in [2.45, 2.75) is 6.18 Å². The molecule has 0 aliphatic carbocycles. The number of allylic oxidation sites excluding steroid dienone is 1. The molecular weight excluding hydrogens is 215 g/mol. The summed E-state index contributed by atoms with van der Waals surface area (Å²) in [6, 6.07) is 8.95. The highest BCUT2D eigenvalue weighted by atomic mass is 19.4. The van der Waals surface area contributed by atoms with Gasteiger partial charge >= 0.3 is 6.18 Å². The Morgan fingerprint density at radius 3 is 2.62 bits per heavy atom. The van der Waals surface area contributed by atoms with Crippen molar-refractivity contribution >= 4 is 17.0 Å². The molecule has 0 amide bonds. The Balaban J connectivity index is 2.37. The van der Waals surface area contributed by atoms with Crippen LogP contribution >= 0.6 is 0 Å². The third-order valence-corrected chi connectivity index (χ3v) is 2.08. The molecule has 1 heterocycles. The fourth-order valence-corrected chi connectivity index (χ4v) is 1.37. The number of para-hydroxylation sites is 1. The Labute approximate surface area is 90.2 Å². The van der Waals surface area contributed by atoms with Gasteiger partial charge < -0.3 is 0 Å². The maximum Gasteiger partial charge on any atom is 0.409 e. The minimum Gasteiger partial charge on any atom is -0.256 e. The monoisotopic (exact) mass is 223 g/mol. The summed E-state index contributed by atoms with van der Waals surface area (Å²) in [5.41, 5.74) is 1.21. The first-order chi connectivity index (χ1) is 7.54. The van der Waals surface area contributed by atoms with Gasteiger partial charge in [0.25, 0.3) is 0 Å². The van der Waals surface area contributed by atoms with Gasteiger partial charge in [-0.1, -0.05) is 18.2 Å².